The van der Waals surface area contributed by atoms with Crippen LogP contribution in [0.2, 0.25) is 0 Å². The molecule has 0 saturated carbocycles. The fraction of sp³-hybridized carbons (Fsp3) is 0.122. The summed E-state index contributed by atoms with van der Waals surface area (Å²) < 4.78 is 11.9. The molecule has 0 atom stereocenters. The van der Waals surface area contributed by atoms with Gasteiger partial charge in [-0.3, -0.25) is 8.97 Å². The van der Waals surface area contributed by atoms with Gasteiger partial charge in [0, 0.05) is 16.3 Å². The number of nitrogens with zero attached hydrogens (tertiary/aromatic N) is 3. The standard InChI is InChI=1S/C49H38BN3O/c1-27-13-9-14-28(2)41(27)34-25-36(42-29(3)15-10-16-30(42)4)45-38(26-34)51-49-52(45)39-21-12-19-33-23-24-37-47(43(33)39)53(49)46-35-20-7-8-22-40(35)54-48(46)50(37)44-31(5)17-11-18-32(44)6/h7-26H,1-6H3. The van der Waals surface area contributed by atoms with Crippen molar-refractivity contribution in [3.63, 3.8) is 0 Å². The number of fused-ring (bicyclic) bond motifs is 9. The molecule has 0 saturated heterocycles. The Morgan fingerprint density at radius 3 is 1.96 bits per heavy atom. The predicted octanol–water partition coefficient (Wildman–Crippen LogP) is 10.3. The van der Waals surface area contributed by atoms with E-state index in [1.165, 1.54) is 82.8 Å². The number of hydrogen-bond acceptors (Lipinski definition) is 2. The van der Waals surface area contributed by atoms with Crippen molar-refractivity contribution in [1.29, 1.82) is 0 Å². The molecule has 0 aliphatic carbocycles. The quantitative estimate of drug-likeness (QED) is 0.173. The fourth-order valence-corrected chi connectivity index (χ4v) is 9.94. The molecule has 1 aliphatic heterocycles. The van der Waals surface area contributed by atoms with Crippen LogP contribution in [0.1, 0.15) is 33.4 Å². The Morgan fingerprint density at radius 1 is 0.593 bits per heavy atom. The molecule has 11 rings (SSSR count). The van der Waals surface area contributed by atoms with E-state index in [-0.39, 0.29) is 6.71 Å². The normalized spacial score (nSPS) is 12.6. The summed E-state index contributed by atoms with van der Waals surface area (Å²) in [4.78, 5) is 5.72. The molecule has 4 heterocycles. The minimum Gasteiger partial charge on any atom is -0.468 e. The molecule has 10 aromatic rings. The van der Waals surface area contributed by atoms with Crippen LogP contribution in [-0.2, 0) is 0 Å². The molecule has 0 unspecified atom stereocenters. The van der Waals surface area contributed by atoms with Crippen LogP contribution in [0, 0.1) is 41.5 Å². The second-order valence-electron chi connectivity index (χ2n) is 15.4. The number of para-hydroxylation sites is 1. The van der Waals surface area contributed by atoms with E-state index in [4.69, 9.17) is 9.40 Å². The van der Waals surface area contributed by atoms with Crippen molar-refractivity contribution in [2.24, 2.45) is 0 Å². The molecule has 0 N–H and O–H groups in total. The van der Waals surface area contributed by atoms with Crippen molar-refractivity contribution >= 4 is 72.9 Å². The van der Waals surface area contributed by atoms with Gasteiger partial charge >= 0.3 is 0 Å². The van der Waals surface area contributed by atoms with Gasteiger partial charge in [0.25, 0.3) is 6.71 Å². The van der Waals surface area contributed by atoms with Gasteiger partial charge in [0.2, 0.25) is 5.78 Å². The zero-order chi connectivity index (χ0) is 36.6. The van der Waals surface area contributed by atoms with Gasteiger partial charge in [-0.25, -0.2) is 4.98 Å². The third-order valence-corrected chi connectivity index (χ3v) is 12.2. The van der Waals surface area contributed by atoms with Crippen molar-refractivity contribution in [3.8, 4) is 27.9 Å². The van der Waals surface area contributed by atoms with Gasteiger partial charge in [0.05, 0.1) is 33.4 Å². The largest absolute Gasteiger partial charge is 0.468 e. The molecular weight excluding hydrogens is 657 g/mol. The summed E-state index contributed by atoms with van der Waals surface area (Å²) in [6, 6.07) is 44.5. The highest BCUT2D eigenvalue weighted by atomic mass is 16.3. The first-order chi connectivity index (χ1) is 26.3. The van der Waals surface area contributed by atoms with Gasteiger partial charge in [0.15, 0.2) is 0 Å². The van der Waals surface area contributed by atoms with Crippen LogP contribution in [0.4, 0.5) is 0 Å². The second-order valence-corrected chi connectivity index (χ2v) is 15.4. The lowest BCUT2D eigenvalue weighted by atomic mass is 9.36. The Hall–Kier alpha value is -6.33. The molecule has 0 fully saturated rings. The van der Waals surface area contributed by atoms with Crippen LogP contribution in [-0.4, -0.2) is 20.7 Å². The number of hydrogen-bond donors (Lipinski definition) is 0. The number of aromatic nitrogens is 3. The zero-order valence-corrected chi connectivity index (χ0v) is 31.4. The van der Waals surface area contributed by atoms with E-state index < -0.39 is 0 Å². The highest BCUT2D eigenvalue weighted by molar-refractivity contribution is 6.98. The van der Waals surface area contributed by atoms with Gasteiger partial charge in [0.1, 0.15) is 5.58 Å². The maximum atomic E-state index is 7.03. The predicted molar refractivity (Wildman–Crippen MR) is 227 cm³/mol. The molecule has 54 heavy (non-hydrogen) atoms. The van der Waals surface area contributed by atoms with E-state index in [0.29, 0.717) is 0 Å². The van der Waals surface area contributed by atoms with Gasteiger partial charge in [-0.1, -0.05) is 108 Å². The highest BCUT2D eigenvalue weighted by Gasteiger charge is 2.40. The molecule has 0 radical (unpaired) electrons. The monoisotopic (exact) mass is 695 g/mol. The van der Waals surface area contributed by atoms with Crippen molar-refractivity contribution in [1.82, 2.24) is 14.0 Å². The third kappa shape index (κ3) is 4.07. The van der Waals surface area contributed by atoms with Gasteiger partial charge in [-0.05, 0) is 122 Å². The first-order valence-electron chi connectivity index (χ1n) is 18.9. The molecule has 5 heteroatoms. The van der Waals surface area contributed by atoms with Crippen LogP contribution in [0.25, 0.3) is 77.5 Å². The molecule has 4 nitrogen and oxygen atoms in total. The molecule has 3 aromatic heterocycles. The number of imidazole rings is 1. The molecule has 0 amide bonds. The van der Waals surface area contributed by atoms with E-state index in [0.717, 1.165) is 44.6 Å². The molecule has 258 valence electrons. The first-order valence-corrected chi connectivity index (χ1v) is 18.9. The van der Waals surface area contributed by atoms with Gasteiger partial charge < -0.3 is 4.42 Å². The van der Waals surface area contributed by atoms with Crippen LogP contribution in [0.3, 0.4) is 0 Å². The summed E-state index contributed by atoms with van der Waals surface area (Å²) in [5.41, 5.74) is 22.4. The Labute approximate surface area is 314 Å². The Bertz CT molecular complexity index is 3190. The summed E-state index contributed by atoms with van der Waals surface area (Å²) in [6.45, 7) is 13.3. The van der Waals surface area contributed by atoms with E-state index in [1.807, 2.05) is 0 Å². The minimum absolute atomic E-state index is 0.0750. The highest BCUT2D eigenvalue weighted by Crippen LogP contribution is 2.43. The fourth-order valence-electron chi connectivity index (χ4n) is 9.94. The van der Waals surface area contributed by atoms with Crippen LogP contribution < -0.4 is 16.6 Å². The lowest BCUT2D eigenvalue weighted by Crippen LogP contribution is -2.57. The van der Waals surface area contributed by atoms with E-state index in [1.54, 1.807) is 0 Å². The molecule has 0 spiro atoms. The third-order valence-electron chi connectivity index (χ3n) is 12.2. The SMILES string of the molecule is Cc1cccc(C)c1B1c2oc3ccccc3c2-n2c3c1ccc1cccc(c13)n1c3c(-c4c(C)cccc4C)cc(-c4c(C)cccc4C)cc3nc21. The van der Waals surface area contributed by atoms with Gasteiger partial charge in [-0.2, -0.15) is 0 Å². The average molecular weight is 696 g/mol. The van der Waals surface area contributed by atoms with Crippen molar-refractivity contribution < 1.29 is 4.42 Å². The maximum absolute atomic E-state index is 7.03. The lowest BCUT2D eigenvalue weighted by Gasteiger charge is -2.28. The van der Waals surface area contributed by atoms with Crippen LogP contribution >= 0.6 is 0 Å². The second kappa shape index (κ2) is 11.1. The minimum atomic E-state index is -0.0750. The van der Waals surface area contributed by atoms with Crippen molar-refractivity contribution in [2.75, 3.05) is 0 Å². The zero-order valence-electron chi connectivity index (χ0n) is 31.4. The molecular formula is C49H38BN3O. The summed E-state index contributed by atoms with van der Waals surface area (Å²) in [6.07, 6.45) is 0. The topological polar surface area (TPSA) is 35.4 Å². The molecule has 0 bridgehead atoms. The number of aryl methyl sites for hydroxylation is 6. The Kier molecular flexibility index (Phi) is 6.42. The first kappa shape index (κ1) is 31.2. The van der Waals surface area contributed by atoms with E-state index in [2.05, 4.69) is 172 Å². The lowest BCUT2D eigenvalue weighted by molar-refractivity contribution is 0.649. The van der Waals surface area contributed by atoms with Gasteiger partial charge in [-0.15, -0.1) is 0 Å². The van der Waals surface area contributed by atoms with E-state index in [9.17, 15) is 0 Å². The average Bonchev–Trinajstić information content (AvgIpc) is 3.74. The maximum Gasteiger partial charge on any atom is 0.293 e. The molecule has 7 aromatic carbocycles. The number of rotatable bonds is 3. The van der Waals surface area contributed by atoms with Crippen LogP contribution in [0.5, 0.6) is 0 Å². The van der Waals surface area contributed by atoms with Crippen LogP contribution in [0.15, 0.2) is 126 Å². The molecule has 1 aliphatic rings. The summed E-state index contributed by atoms with van der Waals surface area (Å²) in [5.74, 6) is 0.886. The summed E-state index contributed by atoms with van der Waals surface area (Å²) in [7, 11) is 0. The smallest absolute Gasteiger partial charge is 0.293 e. The van der Waals surface area contributed by atoms with Crippen molar-refractivity contribution in [2.45, 2.75) is 41.5 Å². The Balaban J connectivity index is 1.40. The number of benzene rings is 7. The van der Waals surface area contributed by atoms with E-state index >= 15 is 0 Å². The summed E-state index contributed by atoms with van der Waals surface area (Å²) in [5, 5.41) is 3.54. The summed E-state index contributed by atoms with van der Waals surface area (Å²) >= 11 is 0. The van der Waals surface area contributed by atoms with Crippen molar-refractivity contribution in [3.05, 3.63) is 155 Å². The Morgan fingerprint density at radius 2 is 1.24 bits per heavy atom. The number of furan rings is 1.